The molecule has 0 amide bonds. The Hall–Kier alpha value is -5.71. The van der Waals surface area contributed by atoms with Crippen molar-refractivity contribution >= 4 is 41.6 Å². The van der Waals surface area contributed by atoms with Gasteiger partial charge in [0, 0.05) is 0 Å². The third-order valence-electron chi connectivity index (χ3n) is 9.95. The van der Waals surface area contributed by atoms with E-state index in [4.69, 9.17) is 0 Å². The van der Waals surface area contributed by atoms with E-state index in [2.05, 4.69) is 199 Å². The van der Waals surface area contributed by atoms with Gasteiger partial charge in [-0.3, -0.25) is 0 Å². The number of nitrogens with zero attached hydrogens (tertiary/aromatic N) is 1. The summed E-state index contributed by atoms with van der Waals surface area (Å²) in [4.78, 5) is 0. The fraction of sp³-hybridized carbons (Fsp3) is 0. The van der Waals surface area contributed by atoms with E-state index in [9.17, 15) is 0 Å². The first-order chi connectivity index (χ1) is 24.8. The summed E-state index contributed by atoms with van der Waals surface area (Å²) >= 11 is -1.91. The van der Waals surface area contributed by atoms with Crippen molar-refractivity contribution in [3.8, 4) is 50.2 Å². The molecule has 236 valence electrons. The Morgan fingerprint density at radius 2 is 0.840 bits per heavy atom. The number of rotatable bonds is 5. The Labute approximate surface area is 299 Å². The topological polar surface area (TPSA) is 4.93 Å². The van der Waals surface area contributed by atoms with Gasteiger partial charge in [-0.05, 0) is 0 Å². The number of halogens is 1. The fourth-order valence-electron chi connectivity index (χ4n) is 7.52. The van der Waals surface area contributed by atoms with Crippen LogP contribution in [0.4, 0.5) is 0 Å². The summed E-state index contributed by atoms with van der Waals surface area (Å²) in [5.74, 6) is 0. The van der Waals surface area contributed by atoms with Gasteiger partial charge in [-0.15, -0.1) is 0 Å². The normalized spacial score (nSPS) is 12.7. The van der Waals surface area contributed by atoms with Crippen LogP contribution < -0.4 is 0 Å². The van der Waals surface area contributed by atoms with E-state index in [1.54, 1.807) is 0 Å². The van der Waals surface area contributed by atoms with Gasteiger partial charge in [0.05, 0.1) is 0 Å². The molecule has 0 saturated heterocycles. The van der Waals surface area contributed by atoms with Crippen LogP contribution in [-0.2, 0) is 0 Å². The Morgan fingerprint density at radius 3 is 1.58 bits per heavy atom. The first-order valence-corrected chi connectivity index (χ1v) is 20.3. The molecule has 0 atom stereocenters. The first kappa shape index (κ1) is 29.2. The van der Waals surface area contributed by atoms with Crippen LogP contribution in [0.3, 0.4) is 0 Å². The van der Waals surface area contributed by atoms with Gasteiger partial charge in [0.2, 0.25) is 0 Å². The van der Waals surface area contributed by atoms with Gasteiger partial charge in [-0.1, -0.05) is 30.3 Å². The number of fused-ring (bicyclic) bond motifs is 6. The molecule has 1 nitrogen and oxygen atoms in total. The van der Waals surface area contributed by atoms with Crippen molar-refractivity contribution in [2.75, 3.05) is 0 Å². The van der Waals surface area contributed by atoms with E-state index >= 15 is 0 Å². The van der Waals surface area contributed by atoms with Crippen LogP contribution in [-0.4, -0.2) is 4.57 Å². The van der Waals surface area contributed by atoms with Crippen LogP contribution in [0.5, 0.6) is 0 Å². The minimum Gasteiger partial charge on any atom is -0.0617 e. The van der Waals surface area contributed by atoms with Crippen molar-refractivity contribution in [3.63, 3.8) is 0 Å². The summed E-state index contributed by atoms with van der Waals surface area (Å²) in [5, 5.41) is 2.55. The van der Waals surface area contributed by atoms with Crippen LogP contribution in [0.25, 0.3) is 72.0 Å². The maximum atomic E-state index is 2.51. The van der Waals surface area contributed by atoms with Crippen molar-refractivity contribution in [3.05, 3.63) is 205 Å². The van der Waals surface area contributed by atoms with Crippen LogP contribution in [0, 0.1) is 10.7 Å². The van der Waals surface area contributed by atoms with Crippen molar-refractivity contribution in [1.29, 1.82) is 0 Å². The summed E-state index contributed by atoms with van der Waals surface area (Å²) in [6.45, 7) is 0. The molecule has 0 fully saturated rings. The van der Waals surface area contributed by atoms with Crippen LogP contribution >= 0.6 is 19.8 Å². The molecule has 8 aromatic carbocycles. The van der Waals surface area contributed by atoms with Crippen LogP contribution in [0.15, 0.2) is 194 Å². The fourth-order valence-corrected chi connectivity index (χ4v) is 13.9. The van der Waals surface area contributed by atoms with Crippen LogP contribution in [0.1, 0.15) is 0 Å². The van der Waals surface area contributed by atoms with Crippen molar-refractivity contribution in [1.82, 2.24) is 4.57 Å². The SMILES string of the molecule is c1ccc(-c2ccc(-n3c4ccccc4c4ccc(-c5ccc6c(c5)I(c5ccc(-c7ccccc7)cc5)c5ccccc5-6)cc43)cc2)cc1. The van der Waals surface area contributed by atoms with Gasteiger partial charge < -0.3 is 0 Å². The summed E-state index contributed by atoms with van der Waals surface area (Å²) in [6, 6.07) is 71.8. The number of hydrogen-bond acceptors (Lipinski definition) is 0. The van der Waals surface area contributed by atoms with E-state index in [1.165, 1.54) is 82.7 Å². The van der Waals surface area contributed by atoms with Gasteiger partial charge in [-0.2, -0.15) is 0 Å². The zero-order valence-corrected chi connectivity index (χ0v) is 29.5. The number of benzene rings is 8. The zero-order valence-electron chi connectivity index (χ0n) is 27.3. The van der Waals surface area contributed by atoms with Gasteiger partial charge in [0.15, 0.2) is 0 Å². The Kier molecular flexibility index (Phi) is 7.02. The number of aromatic nitrogens is 1. The minimum absolute atomic E-state index is 1.17. The van der Waals surface area contributed by atoms with E-state index < -0.39 is 19.8 Å². The zero-order chi connectivity index (χ0) is 33.0. The maximum Gasteiger partial charge on any atom is -0.0544 e. The molecule has 0 radical (unpaired) electrons. The molecule has 0 spiro atoms. The van der Waals surface area contributed by atoms with Crippen molar-refractivity contribution < 1.29 is 0 Å². The summed E-state index contributed by atoms with van der Waals surface area (Å²) < 4.78 is 6.97. The molecule has 0 unspecified atom stereocenters. The van der Waals surface area contributed by atoms with Crippen LogP contribution in [0.2, 0.25) is 0 Å². The standard InChI is InChI=1S/C48H32IN/c1-3-11-33(12-4-1)35-19-25-39(26-20-35)49-45-17-9-7-15-41(45)42-29-23-37(31-46(42)49)38-24-30-44-43-16-8-10-18-47(43)50(48(44)32-38)40-27-21-36(22-28-40)34-13-5-2-6-14-34/h1-32H. The molecule has 10 rings (SSSR count). The second-order valence-electron chi connectivity index (χ2n) is 12.8. The van der Waals surface area contributed by atoms with E-state index in [0.717, 1.165) is 0 Å². The molecule has 1 aliphatic rings. The van der Waals surface area contributed by atoms with E-state index in [0.29, 0.717) is 0 Å². The van der Waals surface area contributed by atoms with Gasteiger partial charge in [0.25, 0.3) is 0 Å². The monoisotopic (exact) mass is 749 g/mol. The Bertz CT molecular complexity index is 2670. The molecule has 50 heavy (non-hydrogen) atoms. The van der Waals surface area contributed by atoms with Crippen molar-refractivity contribution in [2.24, 2.45) is 0 Å². The predicted octanol–water partition coefficient (Wildman–Crippen LogP) is 13.2. The average molecular weight is 750 g/mol. The molecular formula is C48H32IN. The average Bonchev–Trinajstić information content (AvgIpc) is 3.71. The molecular weight excluding hydrogens is 717 g/mol. The van der Waals surface area contributed by atoms with Gasteiger partial charge in [-0.25, -0.2) is 0 Å². The molecule has 0 aliphatic carbocycles. The van der Waals surface area contributed by atoms with Crippen molar-refractivity contribution in [2.45, 2.75) is 0 Å². The molecule has 9 aromatic rings. The van der Waals surface area contributed by atoms with Gasteiger partial charge >= 0.3 is 271 Å². The molecule has 0 N–H and O–H groups in total. The third kappa shape index (κ3) is 4.82. The Balaban J connectivity index is 1.09. The smallest absolute Gasteiger partial charge is 0.0544 e. The molecule has 1 aliphatic heterocycles. The number of hydrogen-bond donors (Lipinski definition) is 0. The predicted molar refractivity (Wildman–Crippen MR) is 219 cm³/mol. The molecule has 2 heterocycles. The third-order valence-corrected chi connectivity index (χ3v) is 16.1. The quantitative estimate of drug-likeness (QED) is 0.154. The second-order valence-corrected chi connectivity index (χ2v) is 18.0. The number of para-hydroxylation sites is 1. The Morgan fingerprint density at radius 1 is 0.320 bits per heavy atom. The molecule has 0 bridgehead atoms. The van der Waals surface area contributed by atoms with Gasteiger partial charge in [0.1, 0.15) is 0 Å². The summed E-state index contributed by atoms with van der Waals surface area (Å²) in [5.41, 5.74) is 13.9. The summed E-state index contributed by atoms with van der Waals surface area (Å²) in [6.07, 6.45) is 0. The molecule has 1 aromatic heterocycles. The second kappa shape index (κ2) is 12.0. The minimum atomic E-state index is -1.91. The maximum absolute atomic E-state index is 2.51. The first-order valence-electron chi connectivity index (χ1n) is 17.1. The van der Waals surface area contributed by atoms with E-state index in [-0.39, 0.29) is 0 Å². The van der Waals surface area contributed by atoms with E-state index in [1.807, 2.05) is 0 Å². The molecule has 0 saturated carbocycles. The molecule has 2 heteroatoms. The summed E-state index contributed by atoms with van der Waals surface area (Å²) in [7, 11) is 0. The largest absolute Gasteiger partial charge is 0.0617 e.